The van der Waals surface area contributed by atoms with Crippen LogP contribution in [-0.4, -0.2) is 14.5 Å². The Morgan fingerprint density at radius 3 is 2.73 bits per heavy atom. The summed E-state index contributed by atoms with van der Waals surface area (Å²) in [4.78, 5) is 8.73. The van der Waals surface area contributed by atoms with Gasteiger partial charge in [-0.15, -0.1) is 0 Å². The minimum absolute atomic E-state index is 0.523. The van der Waals surface area contributed by atoms with E-state index in [1.807, 2.05) is 49.6 Å². The van der Waals surface area contributed by atoms with E-state index in [1.54, 1.807) is 0 Å². The molecular weight excluding hydrogens is 344 g/mol. The van der Waals surface area contributed by atoms with Gasteiger partial charge in [-0.1, -0.05) is 60.1 Å². The van der Waals surface area contributed by atoms with Gasteiger partial charge in [-0.05, 0) is 29.5 Å². The van der Waals surface area contributed by atoms with E-state index in [4.69, 9.17) is 11.6 Å². The SMILES string of the molecule is Cc1nccn1Cc1cccc(CNc2cc3ccccc3c(Cl)n2)c1. The van der Waals surface area contributed by atoms with Gasteiger partial charge in [-0.2, -0.15) is 0 Å². The number of fused-ring (bicyclic) bond motifs is 1. The van der Waals surface area contributed by atoms with Crippen molar-refractivity contribution < 1.29 is 0 Å². The summed E-state index contributed by atoms with van der Waals surface area (Å²) < 4.78 is 2.14. The maximum Gasteiger partial charge on any atom is 0.139 e. The molecule has 0 radical (unpaired) electrons. The molecule has 26 heavy (non-hydrogen) atoms. The number of rotatable bonds is 5. The predicted molar refractivity (Wildman–Crippen MR) is 107 cm³/mol. The molecule has 2 aromatic carbocycles. The average molecular weight is 363 g/mol. The van der Waals surface area contributed by atoms with Crippen molar-refractivity contribution in [2.75, 3.05) is 5.32 Å². The number of halogens is 1. The second-order valence-electron chi connectivity index (χ2n) is 6.30. The minimum Gasteiger partial charge on any atom is -0.366 e. The largest absolute Gasteiger partial charge is 0.366 e. The van der Waals surface area contributed by atoms with Crippen LogP contribution in [0, 0.1) is 6.92 Å². The lowest BCUT2D eigenvalue weighted by atomic mass is 10.1. The van der Waals surface area contributed by atoms with Gasteiger partial charge in [0.05, 0.1) is 0 Å². The number of hydrogen-bond acceptors (Lipinski definition) is 3. The standard InChI is InChI=1S/C21H19ClN4/c1-15-23-9-10-26(15)14-17-6-4-5-16(11-17)13-24-20-12-18-7-2-3-8-19(18)21(22)25-20/h2-12H,13-14H2,1H3,(H,24,25). The molecule has 0 saturated carbocycles. The second kappa shape index (κ2) is 7.18. The normalized spacial score (nSPS) is 11.0. The molecule has 0 bridgehead atoms. The van der Waals surface area contributed by atoms with Crippen molar-refractivity contribution in [3.8, 4) is 0 Å². The Morgan fingerprint density at radius 2 is 1.88 bits per heavy atom. The monoisotopic (exact) mass is 362 g/mol. The zero-order chi connectivity index (χ0) is 17.9. The fraction of sp³-hybridized carbons (Fsp3) is 0.143. The number of hydrogen-bond donors (Lipinski definition) is 1. The molecule has 0 unspecified atom stereocenters. The summed E-state index contributed by atoms with van der Waals surface area (Å²) >= 11 is 6.30. The van der Waals surface area contributed by atoms with Gasteiger partial charge >= 0.3 is 0 Å². The number of aryl methyl sites for hydroxylation is 1. The molecule has 2 heterocycles. The van der Waals surface area contributed by atoms with Gasteiger partial charge in [0.25, 0.3) is 0 Å². The molecule has 1 N–H and O–H groups in total. The molecule has 0 fully saturated rings. The summed E-state index contributed by atoms with van der Waals surface area (Å²) in [5.74, 6) is 1.80. The van der Waals surface area contributed by atoms with Crippen molar-refractivity contribution in [1.82, 2.24) is 14.5 Å². The molecule has 4 rings (SSSR count). The fourth-order valence-corrected chi connectivity index (χ4v) is 3.31. The van der Waals surface area contributed by atoms with Crippen molar-refractivity contribution in [1.29, 1.82) is 0 Å². The molecule has 4 nitrogen and oxygen atoms in total. The van der Waals surface area contributed by atoms with Crippen LogP contribution in [0.5, 0.6) is 0 Å². The number of nitrogens with zero attached hydrogens (tertiary/aromatic N) is 3. The third kappa shape index (κ3) is 3.55. The first-order chi connectivity index (χ1) is 12.7. The first kappa shape index (κ1) is 16.6. The van der Waals surface area contributed by atoms with Crippen molar-refractivity contribution >= 4 is 28.2 Å². The Balaban J connectivity index is 1.50. The van der Waals surface area contributed by atoms with Gasteiger partial charge in [0.1, 0.15) is 16.8 Å². The third-order valence-electron chi connectivity index (χ3n) is 4.44. The van der Waals surface area contributed by atoms with E-state index in [1.165, 1.54) is 11.1 Å². The Morgan fingerprint density at radius 1 is 1.04 bits per heavy atom. The fourth-order valence-electron chi connectivity index (χ4n) is 3.04. The van der Waals surface area contributed by atoms with E-state index in [9.17, 15) is 0 Å². The minimum atomic E-state index is 0.523. The van der Waals surface area contributed by atoms with Crippen LogP contribution in [0.1, 0.15) is 17.0 Å². The first-order valence-electron chi connectivity index (χ1n) is 8.54. The van der Waals surface area contributed by atoms with Crippen LogP contribution >= 0.6 is 11.6 Å². The van der Waals surface area contributed by atoms with Crippen LogP contribution in [0.2, 0.25) is 5.15 Å². The summed E-state index contributed by atoms with van der Waals surface area (Å²) in [6, 6.07) is 18.6. The van der Waals surface area contributed by atoms with E-state index in [-0.39, 0.29) is 0 Å². The van der Waals surface area contributed by atoms with E-state index >= 15 is 0 Å². The number of benzene rings is 2. The molecule has 130 valence electrons. The molecule has 0 saturated heterocycles. The van der Waals surface area contributed by atoms with E-state index in [0.29, 0.717) is 11.7 Å². The average Bonchev–Trinajstić information content (AvgIpc) is 3.05. The molecule has 4 aromatic rings. The highest BCUT2D eigenvalue weighted by atomic mass is 35.5. The maximum atomic E-state index is 6.30. The van der Waals surface area contributed by atoms with Crippen LogP contribution in [-0.2, 0) is 13.1 Å². The van der Waals surface area contributed by atoms with E-state index in [0.717, 1.165) is 29.0 Å². The van der Waals surface area contributed by atoms with Crippen molar-refractivity contribution in [3.63, 3.8) is 0 Å². The summed E-state index contributed by atoms with van der Waals surface area (Å²) in [6.07, 6.45) is 3.83. The van der Waals surface area contributed by atoms with Crippen LogP contribution in [0.15, 0.2) is 67.0 Å². The van der Waals surface area contributed by atoms with Gasteiger partial charge in [-0.25, -0.2) is 9.97 Å². The Labute approximate surface area is 157 Å². The summed E-state index contributed by atoms with van der Waals surface area (Å²) in [5, 5.41) is 5.95. The highest BCUT2D eigenvalue weighted by Gasteiger charge is 2.04. The van der Waals surface area contributed by atoms with Crippen molar-refractivity contribution in [3.05, 3.63) is 89.1 Å². The molecule has 5 heteroatoms. The highest BCUT2D eigenvalue weighted by Crippen LogP contribution is 2.24. The molecule has 0 aliphatic heterocycles. The van der Waals surface area contributed by atoms with Crippen LogP contribution in [0.4, 0.5) is 5.82 Å². The van der Waals surface area contributed by atoms with Gasteiger partial charge in [0, 0.05) is 30.9 Å². The maximum absolute atomic E-state index is 6.30. The van der Waals surface area contributed by atoms with Crippen LogP contribution in [0.3, 0.4) is 0 Å². The van der Waals surface area contributed by atoms with Gasteiger partial charge in [0.2, 0.25) is 0 Å². The van der Waals surface area contributed by atoms with Crippen LogP contribution < -0.4 is 5.32 Å². The van der Waals surface area contributed by atoms with Gasteiger partial charge in [-0.3, -0.25) is 0 Å². The zero-order valence-corrected chi connectivity index (χ0v) is 15.2. The second-order valence-corrected chi connectivity index (χ2v) is 6.65. The molecule has 2 aromatic heterocycles. The molecule has 0 aliphatic carbocycles. The topological polar surface area (TPSA) is 42.7 Å². The number of anilines is 1. The lowest BCUT2D eigenvalue weighted by molar-refractivity contribution is 0.760. The number of pyridine rings is 1. The van der Waals surface area contributed by atoms with Gasteiger partial charge < -0.3 is 9.88 Å². The molecule has 0 atom stereocenters. The van der Waals surface area contributed by atoms with E-state index < -0.39 is 0 Å². The first-order valence-corrected chi connectivity index (χ1v) is 8.91. The number of nitrogens with one attached hydrogen (secondary N) is 1. The Bertz CT molecular complexity index is 1050. The lowest BCUT2D eigenvalue weighted by Gasteiger charge is -2.10. The van der Waals surface area contributed by atoms with Crippen LogP contribution in [0.25, 0.3) is 10.8 Å². The third-order valence-corrected chi connectivity index (χ3v) is 4.72. The van der Waals surface area contributed by atoms with Crippen molar-refractivity contribution in [2.45, 2.75) is 20.0 Å². The Hall–Kier alpha value is -2.85. The summed E-state index contributed by atoms with van der Waals surface area (Å²) in [7, 11) is 0. The smallest absolute Gasteiger partial charge is 0.139 e. The summed E-state index contributed by atoms with van der Waals surface area (Å²) in [5.41, 5.74) is 2.45. The molecule has 0 aliphatic rings. The Kier molecular flexibility index (Phi) is 4.59. The van der Waals surface area contributed by atoms with Gasteiger partial charge in [0.15, 0.2) is 0 Å². The molecular formula is C21H19ClN4. The summed E-state index contributed by atoms with van der Waals surface area (Å²) in [6.45, 7) is 3.53. The zero-order valence-electron chi connectivity index (χ0n) is 14.5. The lowest BCUT2D eigenvalue weighted by Crippen LogP contribution is -2.04. The highest BCUT2D eigenvalue weighted by molar-refractivity contribution is 6.34. The quantitative estimate of drug-likeness (QED) is 0.505. The number of aromatic nitrogens is 3. The number of imidazole rings is 1. The van der Waals surface area contributed by atoms with Crippen molar-refractivity contribution in [2.24, 2.45) is 0 Å². The molecule has 0 spiro atoms. The molecule has 0 amide bonds. The predicted octanol–water partition coefficient (Wildman–Crippen LogP) is 5.05. The van der Waals surface area contributed by atoms with E-state index in [2.05, 4.69) is 44.1 Å².